The molecule has 0 aromatic carbocycles. The van der Waals surface area contributed by atoms with Crippen LogP contribution in [0.25, 0.3) is 0 Å². The van der Waals surface area contributed by atoms with E-state index in [1.54, 1.807) is 0 Å². The number of hydrogen-bond acceptors (Lipinski definition) is 4. The first-order chi connectivity index (χ1) is 12.5. The number of aliphatic hydroxyl groups is 3. The molecular weight excluding hydrogens is 326 g/mol. The molecule has 0 heterocycles. The van der Waals surface area contributed by atoms with Gasteiger partial charge in [-0.25, -0.2) is 0 Å². The maximum absolute atomic E-state index is 9.30. The van der Waals surface area contributed by atoms with E-state index in [1.807, 2.05) is 4.90 Å². The Bertz CT molecular complexity index is 259. The van der Waals surface area contributed by atoms with Gasteiger partial charge in [0.25, 0.3) is 5.97 Å². The Labute approximate surface area is 163 Å². The van der Waals surface area contributed by atoms with Crippen LogP contribution >= 0.6 is 0 Å². The Morgan fingerprint density at radius 2 is 0.808 bits per heavy atom. The van der Waals surface area contributed by atoms with Gasteiger partial charge in [-0.1, -0.05) is 104 Å². The second kappa shape index (κ2) is 18.2. The summed E-state index contributed by atoms with van der Waals surface area (Å²) >= 11 is 0. The van der Waals surface area contributed by atoms with E-state index in [0.717, 1.165) is 25.9 Å². The molecule has 0 saturated carbocycles. The van der Waals surface area contributed by atoms with Crippen LogP contribution in [0.15, 0.2) is 0 Å². The number of unbranched alkanes of at least 4 members (excludes halogenated alkanes) is 14. The molecule has 158 valence electrons. The molecule has 0 rings (SSSR count). The molecule has 0 radical (unpaired) electrons. The van der Waals surface area contributed by atoms with Crippen molar-refractivity contribution in [2.75, 3.05) is 19.6 Å². The van der Waals surface area contributed by atoms with Crippen molar-refractivity contribution in [1.82, 2.24) is 4.90 Å². The summed E-state index contributed by atoms with van der Waals surface area (Å²) in [5, 5.41) is 27.9. The van der Waals surface area contributed by atoms with Crippen LogP contribution in [0.3, 0.4) is 0 Å². The molecule has 0 spiro atoms. The largest absolute Gasteiger partial charge is 0.343 e. The summed E-state index contributed by atoms with van der Waals surface area (Å²) in [6.07, 6.45) is 20.3. The third kappa shape index (κ3) is 20.2. The Morgan fingerprint density at radius 3 is 1.12 bits per heavy atom. The van der Waals surface area contributed by atoms with Crippen LogP contribution in [0.1, 0.15) is 117 Å². The highest BCUT2D eigenvalue weighted by Crippen LogP contribution is 2.12. The highest BCUT2D eigenvalue weighted by atomic mass is 16.7. The van der Waals surface area contributed by atoms with E-state index in [1.165, 1.54) is 89.9 Å². The van der Waals surface area contributed by atoms with Crippen LogP contribution in [-0.4, -0.2) is 45.8 Å². The summed E-state index contributed by atoms with van der Waals surface area (Å²) in [4.78, 5) is 2.01. The second-order valence-electron chi connectivity index (χ2n) is 8.00. The summed E-state index contributed by atoms with van der Waals surface area (Å²) < 4.78 is 0. The van der Waals surface area contributed by atoms with Crippen molar-refractivity contribution < 1.29 is 15.3 Å². The number of rotatable bonds is 20. The predicted octanol–water partition coefficient (Wildman–Crippen LogP) is 5.20. The van der Waals surface area contributed by atoms with Crippen molar-refractivity contribution in [3.8, 4) is 0 Å². The Balaban J connectivity index is 3.74. The first-order valence-corrected chi connectivity index (χ1v) is 11.4. The minimum atomic E-state index is -2.57. The van der Waals surface area contributed by atoms with Gasteiger partial charge in [0.2, 0.25) is 0 Å². The van der Waals surface area contributed by atoms with Crippen LogP contribution in [-0.2, 0) is 0 Å². The lowest BCUT2D eigenvalue weighted by Gasteiger charge is -2.26. The molecule has 0 saturated heterocycles. The minimum Gasteiger partial charge on any atom is -0.343 e. The van der Waals surface area contributed by atoms with Gasteiger partial charge < -0.3 is 15.3 Å². The lowest BCUT2D eigenvalue weighted by atomic mass is 10.1. The van der Waals surface area contributed by atoms with Crippen LogP contribution < -0.4 is 0 Å². The average Bonchev–Trinajstić information content (AvgIpc) is 2.58. The fourth-order valence-electron chi connectivity index (χ4n) is 3.51. The van der Waals surface area contributed by atoms with Gasteiger partial charge in [0.15, 0.2) is 0 Å². The predicted molar refractivity (Wildman–Crippen MR) is 111 cm³/mol. The van der Waals surface area contributed by atoms with Gasteiger partial charge in [-0.15, -0.1) is 0 Å². The Morgan fingerprint density at radius 1 is 0.500 bits per heavy atom. The summed E-state index contributed by atoms with van der Waals surface area (Å²) in [7, 11) is 0. The van der Waals surface area contributed by atoms with Gasteiger partial charge in [0, 0.05) is 0 Å². The zero-order chi connectivity index (χ0) is 19.5. The highest BCUT2D eigenvalue weighted by Gasteiger charge is 2.22. The SMILES string of the molecule is CCCCCCCCCCN(CCCCCCCCCC)CC(O)(O)O. The summed E-state index contributed by atoms with van der Waals surface area (Å²) in [6, 6.07) is 0. The van der Waals surface area contributed by atoms with Gasteiger partial charge in [0.1, 0.15) is 0 Å². The van der Waals surface area contributed by atoms with Crippen LogP contribution in [0.4, 0.5) is 0 Å². The molecule has 0 aliphatic carbocycles. The topological polar surface area (TPSA) is 63.9 Å². The summed E-state index contributed by atoms with van der Waals surface area (Å²) in [6.45, 7) is 6.10. The normalized spacial score (nSPS) is 12.2. The van der Waals surface area contributed by atoms with Crippen molar-refractivity contribution in [3.05, 3.63) is 0 Å². The fourth-order valence-corrected chi connectivity index (χ4v) is 3.51. The molecule has 0 amide bonds. The Hall–Kier alpha value is -0.160. The maximum atomic E-state index is 9.30. The standard InChI is InChI=1S/C22H47NO3/c1-3-5-7-9-11-13-15-17-19-23(21-22(24,25)26)20-18-16-14-12-10-8-6-4-2/h24-26H,3-21H2,1-2H3. The highest BCUT2D eigenvalue weighted by molar-refractivity contribution is 4.63. The zero-order valence-electron chi connectivity index (χ0n) is 17.7. The first kappa shape index (κ1) is 25.8. The monoisotopic (exact) mass is 373 g/mol. The van der Waals surface area contributed by atoms with Gasteiger partial charge in [-0.3, -0.25) is 4.90 Å². The first-order valence-electron chi connectivity index (χ1n) is 11.4. The fraction of sp³-hybridized carbons (Fsp3) is 1.00. The second-order valence-corrected chi connectivity index (χ2v) is 8.00. The Kier molecular flexibility index (Phi) is 18.1. The van der Waals surface area contributed by atoms with E-state index in [-0.39, 0.29) is 6.54 Å². The van der Waals surface area contributed by atoms with Crippen molar-refractivity contribution in [3.63, 3.8) is 0 Å². The molecule has 0 aromatic rings. The van der Waals surface area contributed by atoms with Gasteiger partial charge in [-0.05, 0) is 25.9 Å². The zero-order valence-corrected chi connectivity index (χ0v) is 17.7. The van der Waals surface area contributed by atoms with Crippen LogP contribution in [0, 0.1) is 0 Å². The van der Waals surface area contributed by atoms with Gasteiger partial charge in [-0.2, -0.15) is 0 Å². The van der Waals surface area contributed by atoms with Gasteiger partial charge in [0.05, 0.1) is 6.54 Å². The molecule has 4 nitrogen and oxygen atoms in total. The van der Waals surface area contributed by atoms with Crippen LogP contribution in [0.5, 0.6) is 0 Å². The number of nitrogens with zero attached hydrogens (tertiary/aromatic N) is 1. The van der Waals surface area contributed by atoms with E-state index in [9.17, 15) is 15.3 Å². The van der Waals surface area contributed by atoms with Gasteiger partial charge >= 0.3 is 0 Å². The molecule has 0 unspecified atom stereocenters. The lowest BCUT2D eigenvalue weighted by molar-refractivity contribution is -0.317. The average molecular weight is 374 g/mol. The van der Waals surface area contributed by atoms with Crippen LogP contribution in [0.2, 0.25) is 0 Å². The molecule has 4 heteroatoms. The summed E-state index contributed by atoms with van der Waals surface area (Å²) in [5.41, 5.74) is 0. The molecule has 26 heavy (non-hydrogen) atoms. The van der Waals surface area contributed by atoms with E-state index in [4.69, 9.17) is 0 Å². The van der Waals surface area contributed by atoms with E-state index in [2.05, 4.69) is 13.8 Å². The third-order valence-electron chi connectivity index (χ3n) is 5.09. The lowest BCUT2D eigenvalue weighted by Crippen LogP contribution is -2.43. The van der Waals surface area contributed by atoms with Crippen molar-refractivity contribution in [1.29, 1.82) is 0 Å². The van der Waals surface area contributed by atoms with E-state index < -0.39 is 5.97 Å². The number of hydrogen-bond donors (Lipinski definition) is 3. The van der Waals surface area contributed by atoms with E-state index >= 15 is 0 Å². The smallest absolute Gasteiger partial charge is 0.288 e. The van der Waals surface area contributed by atoms with E-state index in [0.29, 0.717) is 0 Å². The van der Waals surface area contributed by atoms with Crippen molar-refractivity contribution in [2.24, 2.45) is 0 Å². The quantitative estimate of drug-likeness (QED) is 0.203. The molecule has 0 aliphatic rings. The van der Waals surface area contributed by atoms with Crippen molar-refractivity contribution >= 4 is 0 Å². The maximum Gasteiger partial charge on any atom is 0.288 e. The third-order valence-corrected chi connectivity index (χ3v) is 5.09. The minimum absolute atomic E-state index is 0.0694. The molecule has 0 aromatic heterocycles. The molecule has 0 fully saturated rings. The summed E-state index contributed by atoms with van der Waals surface area (Å²) in [5.74, 6) is -2.57. The molecule has 0 atom stereocenters. The van der Waals surface area contributed by atoms with Crippen molar-refractivity contribution in [2.45, 2.75) is 123 Å². The molecule has 0 aliphatic heterocycles. The molecule has 0 bridgehead atoms. The molecule has 3 N–H and O–H groups in total. The molecular formula is C22H47NO3.